The fourth-order valence-electron chi connectivity index (χ4n) is 2.45. The largest absolute Gasteiger partial charge is 0.354 e. The van der Waals surface area contributed by atoms with Crippen molar-refractivity contribution in [3.63, 3.8) is 0 Å². The van der Waals surface area contributed by atoms with Crippen LogP contribution in [0.3, 0.4) is 0 Å². The van der Waals surface area contributed by atoms with E-state index in [1.807, 2.05) is 49.4 Å². The van der Waals surface area contributed by atoms with Crippen molar-refractivity contribution >= 4 is 28.9 Å². The minimum Gasteiger partial charge on any atom is -0.354 e. The van der Waals surface area contributed by atoms with Crippen LogP contribution >= 0.6 is 11.6 Å². The topological polar surface area (TPSA) is 54.0 Å². The van der Waals surface area contributed by atoms with Crippen LogP contribution in [0.4, 0.5) is 11.4 Å². The Hall–Kier alpha value is -2.85. The number of pyridine rings is 1. The van der Waals surface area contributed by atoms with E-state index in [-0.39, 0.29) is 5.91 Å². The predicted octanol–water partition coefficient (Wildman–Crippen LogP) is 4.72. The van der Waals surface area contributed by atoms with Crippen molar-refractivity contribution in [3.05, 3.63) is 88.7 Å². The minimum atomic E-state index is -0.218. The van der Waals surface area contributed by atoms with Gasteiger partial charge >= 0.3 is 0 Å². The summed E-state index contributed by atoms with van der Waals surface area (Å²) >= 11 is 6.15. The van der Waals surface area contributed by atoms with E-state index < -0.39 is 0 Å². The Labute approximate surface area is 151 Å². The number of nitrogens with zero attached hydrogens (tertiary/aromatic N) is 1. The summed E-state index contributed by atoms with van der Waals surface area (Å²) < 4.78 is 0. The number of para-hydroxylation sites is 1. The van der Waals surface area contributed by atoms with Gasteiger partial charge in [-0.1, -0.05) is 53.6 Å². The monoisotopic (exact) mass is 351 g/mol. The van der Waals surface area contributed by atoms with Crippen LogP contribution in [0.1, 0.15) is 21.6 Å². The summed E-state index contributed by atoms with van der Waals surface area (Å²) in [6, 6.07) is 19.0. The number of anilines is 2. The molecule has 0 fully saturated rings. The molecule has 1 aromatic heterocycles. The highest BCUT2D eigenvalue weighted by Crippen LogP contribution is 2.24. The van der Waals surface area contributed by atoms with E-state index in [4.69, 9.17) is 11.6 Å². The maximum absolute atomic E-state index is 12.3. The summed E-state index contributed by atoms with van der Waals surface area (Å²) in [4.78, 5) is 16.5. The van der Waals surface area contributed by atoms with Gasteiger partial charge in [0.1, 0.15) is 5.69 Å². The first-order valence-electron chi connectivity index (χ1n) is 7.93. The molecule has 0 saturated heterocycles. The molecule has 3 rings (SSSR count). The fourth-order valence-corrected chi connectivity index (χ4v) is 2.63. The summed E-state index contributed by atoms with van der Waals surface area (Å²) in [6.07, 6.45) is 1.60. The second-order valence-electron chi connectivity index (χ2n) is 5.71. The minimum absolute atomic E-state index is 0.218. The van der Waals surface area contributed by atoms with E-state index in [0.717, 1.165) is 22.5 Å². The van der Waals surface area contributed by atoms with Crippen LogP contribution in [-0.2, 0) is 6.54 Å². The Morgan fingerprint density at radius 3 is 2.72 bits per heavy atom. The fraction of sp³-hybridized carbons (Fsp3) is 0.100. The third-order valence-corrected chi connectivity index (χ3v) is 4.01. The molecular weight excluding hydrogens is 334 g/mol. The van der Waals surface area contributed by atoms with Gasteiger partial charge in [0.2, 0.25) is 0 Å². The van der Waals surface area contributed by atoms with Crippen LogP contribution in [0.25, 0.3) is 0 Å². The number of benzene rings is 2. The number of hydrogen-bond acceptors (Lipinski definition) is 3. The molecule has 0 atom stereocenters. The maximum Gasteiger partial charge on any atom is 0.270 e. The smallest absolute Gasteiger partial charge is 0.270 e. The highest BCUT2D eigenvalue weighted by Gasteiger charge is 2.08. The van der Waals surface area contributed by atoms with E-state index in [1.165, 1.54) is 0 Å². The molecule has 5 heteroatoms. The number of hydrogen-bond donors (Lipinski definition) is 2. The van der Waals surface area contributed by atoms with Gasteiger partial charge in [0.15, 0.2) is 0 Å². The molecule has 3 aromatic rings. The summed E-state index contributed by atoms with van der Waals surface area (Å²) in [6.45, 7) is 2.49. The van der Waals surface area contributed by atoms with Gasteiger partial charge in [-0.25, -0.2) is 0 Å². The quantitative estimate of drug-likeness (QED) is 0.699. The van der Waals surface area contributed by atoms with Crippen molar-refractivity contribution in [2.24, 2.45) is 0 Å². The first-order chi connectivity index (χ1) is 12.1. The lowest BCUT2D eigenvalue weighted by Crippen LogP contribution is -2.23. The molecule has 0 aliphatic carbocycles. The van der Waals surface area contributed by atoms with Crippen LogP contribution in [0.15, 0.2) is 66.9 Å². The lowest BCUT2D eigenvalue weighted by atomic mass is 10.1. The number of carbonyl (C=O) groups excluding carboxylic acids is 1. The van der Waals surface area contributed by atoms with Gasteiger partial charge in [0, 0.05) is 18.4 Å². The third-order valence-electron chi connectivity index (χ3n) is 3.68. The van der Waals surface area contributed by atoms with Gasteiger partial charge in [-0.05, 0) is 36.8 Å². The molecule has 0 aliphatic rings. The Bertz CT molecular complexity index is 895. The number of amides is 1. The predicted molar refractivity (Wildman–Crippen MR) is 101 cm³/mol. The Kier molecular flexibility index (Phi) is 5.31. The molecule has 1 amide bonds. The molecule has 0 bridgehead atoms. The van der Waals surface area contributed by atoms with Crippen LogP contribution in [0.5, 0.6) is 0 Å². The van der Waals surface area contributed by atoms with E-state index >= 15 is 0 Å². The molecule has 2 aromatic carbocycles. The SMILES string of the molecule is Cc1cccc(CNC(=O)c2cc(Nc3ccccc3Cl)ccn2)c1. The van der Waals surface area contributed by atoms with Crippen molar-refractivity contribution in [3.8, 4) is 0 Å². The van der Waals surface area contributed by atoms with E-state index in [2.05, 4.69) is 15.6 Å². The maximum atomic E-state index is 12.3. The average Bonchev–Trinajstić information content (AvgIpc) is 2.62. The number of halogens is 1. The lowest BCUT2D eigenvalue weighted by molar-refractivity contribution is 0.0946. The van der Waals surface area contributed by atoms with Crippen LogP contribution in [-0.4, -0.2) is 10.9 Å². The molecule has 4 nitrogen and oxygen atoms in total. The average molecular weight is 352 g/mol. The molecule has 0 saturated carbocycles. The van der Waals surface area contributed by atoms with Gasteiger partial charge in [0.05, 0.1) is 10.7 Å². The molecule has 0 unspecified atom stereocenters. The van der Waals surface area contributed by atoms with Gasteiger partial charge in [-0.3, -0.25) is 9.78 Å². The molecule has 1 heterocycles. The summed E-state index contributed by atoms with van der Waals surface area (Å²) in [5.41, 5.74) is 4.10. The van der Waals surface area contributed by atoms with Crippen LogP contribution in [0.2, 0.25) is 5.02 Å². The summed E-state index contributed by atoms with van der Waals surface area (Å²) in [5, 5.41) is 6.70. The second kappa shape index (κ2) is 7.81. The zero-order valence-corrected chi connectivity index (χ0v) is 14.5. The van der Waals surface area contributed by atoms with Crippen LogP contribution < -0.4 is 10.6 Å². The molecule has 0 spiro atoms. The van der Waals surface area contributed by atoms with Crippen molar-refractivity contribution in [1.82, 2.24) is 10.3 Å². The number of nitrogens with one attached hydrogen (secondary N) is 2. The number of aromatic nitrogens is 1. The normalized spacial score (nSPS) is 10.3. The van der Waals surface area contributed by atoms with Crippen molar-refractivity contribution in [1.29, 1.82) is 0 Å². The highest BCUT2D eigenvalue weighted by molar-refractivity contribution is 6.33. The van der Waals surface area contributed by atoms with E-state index in [9.17, 15) is 4.79 Å². The van der Waals surface area contributed by atoms with Crippen molar-refractivity contribution in [2.75, 3.05) is 5.32 Å². The standard InChI is InChI=1S/C20H18ClN3O/c1-14-5-4-6-15(11-14)13-23-20(25)19-12-16(9-10-22-19)24-18-8-3-2-7-17(18)21/h2-12H,13H2,1H3,(H,22,24)(H,23,25). The Morgan fingerprint density at radius 1 is 1.08 bits per heavy atom. The first-order valence-corrected chi connectivity index (χ1v) is 8.31. The number of carbonyl (C=O) groups is 1. The molecule has 25 heavy (non-hydrogen) atoms. The zero-order chi connectivity index (χ0) is 17.6. The Morgan fingerprint density at radius 2 is 1.92 bits per heavy atom. The summed E-state index contributed by atoms with van der Waals surface area (Å²) in [7, 11) is 0. The van der Waals surface area contributed by atoms with Gasteiger partial charge < -0.3 is 10.6 Å². The number of aryl methyl sites for hydroxylation is 1. The van der Waals surface area contributed by atoms with Gasteiger partial charge in [-0.2, -0.15) is 0 Å². The molecular formula is C20H18ClN3O. The number of rotatable bonds is 5. The van der Waals surface area contributed by atoms with E-state index in [0.29, 0.717) is 17.3 Å². The molecule has 2 N–H and O–H groups in total. The first kappa shape index (κ1) is 17.0. The molecule has 0 radical (unpaired) electrons. The molecule has 0 aliphatic heterocycles. The lowest BCUT2D eigenvalue weighted by Gasteiger charge is -2.10. The zero-order valence-electron chi connectivity index (χ0n) is 13.8. The van der Waals surface area contributed by atoms with Gasteiger partial charge in [0.25, 0.3) is 5.91 Å². The highest BCUT2D eigenvalue weighted by atomic mass is 35.5. The summed E-state index contributed by atoms with van der Waals surface area (Å²) in [5.74, 6) is -0.218. The van der Waals surface area contributed by atoms with E-state index in [1.54, 1.807) is 24.4 Å². The van der Waals surface area contributed by atoms with Crippen molar-refractivity contribution < 1.29 is 4.79 Å². The Balaban J connectivity index is 1.68. The second-order valence-corrected chi connectivity index (χ2v) is 6.11. The third kappa shape index (κ3) is 4.58. The molecule has 126 valence electrons. The van der Waals surface area contributed by atoms with Gasteiger partial charge in [-0.15, -0.1) is 0 Å². The van der Waals surface area contributed by atoms with Crippen LogP contribution in [0, 0.1) is 6.92 Å². The van der Waals surface area contributed by atoms with Crippen molar-refractivity contribution in [2.45, 2.75) is 13.5 Å².